The van der Waals surface area contributed by atoms with E-state index in [1.165, 1.54) is 5.56 Å². The van der Waals surface area contributed by atoms with E-state index in [-0.39, 0.29) is 6.04 Å². The number of methoxy groups -OCH3 is 2. The summed E-state index contributed by atoms with van der Waals surface area (Å²) in [5.41, 5.74) is 3.94. The Morgan fingerprint density at radius 1 is 1.42 bits per heavy atom. The fraction of sp³-hybridized carbons (Fsp3) is 0.429. The monoisotopic (exact) mass is 276 g/mol. The molecule has 0 spiro atoms. The van der Waals surface area contributed by atoms with E-state index >= 15 is 0 Å². The minimum Gasteiger partial charge on any atom is -0.493 e. The summed E-state index contributed by atoms with van der Waals surface area (Å²) < 4.78 is 10.7. The predicted molar refractivity (Wildman–Crippen MR) is 76.6 cm³/mol. The van der Waals surface area contributed by atoms with Crippen molar-refractivity contribution in [2.75, 3.05) is 20.8 Å². The molecule has 2 rings (SSSR count). The summed E-state index contributed by atoms with van der Waals surface area (Å²) in [6.45, 7) is 0.832. The van der Waals surface area contributed by atoms with Crippen LogP contribution in [0.1, 0.15) is 23.6 Å². The first kappa shape index (κ1) is 13.6. The summed E-state index contributed by atoms with van der Waals surface area (Å²) in [4.78, 5) is 2.03. The zero-order chi connectivity index (χ0) is 13.8. The maximum atomic E-state index is 9.00. The molecule has 19 heavy (non-hydrogen) atoms. The zero-order valence-electron chi connectivity index (χ0n) is 11.0. The largest absolute Gasteiger partial charge is 0.493 e. The molecule has 0 amide bonds. The van der Waals surface area contributed by atoms with Crippen molar-refractivity contribution in [2.45, 2.75) is 18.9 Å². The topological polar surface area (TPSA) is 45.5 Å². The number of thiocarbonyl (C=S) groups is 1. The van der Waals surface area contributed by atoms with Crippen molar-refractivity contribution in [2.24, 2.45) is 0 Å². The highest BCUT2D eigenvalue weighted by Crippen LogP contribution is 2.38. The van der Waals surface area contributed by atoms with Crippen molar-refractivity contribution in [1.29, 1.82) is 5.26 Å². The summed E-state index contributed by atoms with van der Waals surface area (Å²) in [7, 11) is 3.24. The molecule has 100 valence electrons. The highest BCUT2D eigenvalue weighted by atomic mass is 32.1. The zero-order valence-corrected chi connectivity index (χ0v) is 11.9. The van der Waals surface area contributed by atoms with Crippen LogP contribution in [-0.4, -0.2) is 31.2 Å². The lowest BCUT2D eigenvalue weighted by Gasteiger charge is -2.35. The number of nitriles is 1. The molecule has 1 heterocycles. The molecule has 1 unspecified atom stereocenters. The quantitative estimate of drug-likeness (QED) is 0.791. The van der Waals surface area contributed by atoms with Gasteiger partial charge in [0, 0.05) is 6.54 Å². The fourth-order valence-corrected chi connectivity index (χ4v) is 2.74. The SMILES string of the molecule is COc1cc2c(cc1OC)C(CC#N)N(C=S)CC2. The van der Waals surface area contributed by atoms with Crippen molar-refractivity contribution >= 4 is 17.7 Å². The predicted octanol–water partition coefficient (Wildman–Crippen LogP) is 2.47. The van der Waals surface area contributed by atoms with Crippen LogP contribution in [0.3, 0.4) is 0 Å². The second-order valence-electron chi connectivity index (χ2n) is 4.38. The summed E-state index contributed by atoms with van der Waals surface area (Å²) >= 11 is 5.04. The summed E-state index contributed by atoms with van der Waals surface area (Å²) in [5, 5.41) is 9.00. The van der Waals surface area contributed by atoms with Crippen LogP contribution in [0.4, 0.5) is 0 Å². The maximum Gasteiger partial charge on any atom is 0.161 e. The first-order chi connectivity index (χ1) is 9.24. The number of rotatable bonds is 4. The molecule has 0 radical (unpaired) electrons. The molecule has 1 atom stereocenters. The number of benzene rings is 1. The molecule has 1 aromatic carbocycles. The van der Waals surface area contributed by atoms with Crippen LogP contribution < -0.4 is 9.47 Å². The Bertz CT molecular complexity index is 525. The molecule has 1 aliphatic heterocycles. The Labute approximate surface area is 118 Å². The van der Waals surface area contributed by atoms with Gasteiger partial charge in [0.05, 0.1) is 38.2 Å². The van der Waals surface area contributed by atoms with Crippen LogP contribution in [0.25, 0.3) is 0 Å². The molecule has 5 heteroatoms. The van der Waals surface area contributed by atoms with Crippen molar-refractivity contribution in [3.63, 3.8) is 0 Å². The number of ether oxygens (including phenoxy) is 2. The van der Waals surface area contributed by atoms with E-state index in [1.807, 2.05) is 17.0 Å². The summed E-state index contributed by atoms with van der Waals surface area (Å²) in [6, 6.07) is 6.19. The van der Waals surface area contributed by atoms with Crippen molar-refractivity contribution < 1.29 is 9.47 Å². The van der Waals surface area contributed by atoms with Gasteiger partial charge in [-0.05, 0) is 29.7 Å². The minimum absolute atomic E-state index is 0.00561. The Kier molecular flexibility index (Phi) is 4.23. The molecule has 0 bridgehead atoms. The molecule has 0 fully saturated rings. The van der Waals surface area contributed by atoms with Gasteiger partial charge in [0.15, 0.2) is 11.5 Å². The molecule has 0 aliphatic carbocycles. The number of nitrogens with zero attached hydrogens (tertiary/aromatic N) is 2. The Morgan fingerprint density at radius 2 is 2.11 bits per heavy atom. The van der Waals surface area contributed by atoms with Gasteiger partial charge in [-0.1, -0.05) is 12.2 Å². The third-order valence-electron chi connectivity index (χ3n) is 3.46. The third-order valence-corrected chi connectivity index (χ3v) is 3.73. The average molecular weight is 276 g/mol. The van der Waals surface area contributed by atoms with E-state index in [0.29, 0.717) is 12.2 Å². The molecular weight excluding hydrogens is 260 g/mol. The Hall–Kier alpha value is -1.80. The fourth-order valence-electron chi connectivity index (χ4n) is 2.49. The lowest BCUT2D eigenvalue weighted by Crippen LogP contribution is -2.33. The summed E-state index contributed by atoms with van der Waals surface area (Å²) in [6.07, 6.45) is 1.31. The van der Waals surface area contributed by atoms with E-state index in [9.17, 15) is 0 Å². The molecule has 0 N–H and O–H groups in total. The van der Waals surface area contributed by atoms with Crippen LogP contribution in [-0.2, 0) is 6.42 Å². The van der Waals surface area contributed by atoms with Crippen LogP contribution in [0.15, 0.2) is 12.1 Å². The van der Waals surface area contributed by atoms with Crippen molar-refractivity contribution in [1.82, 2.24) is 4.90 Å². The van der Waals surface area contributed by atoms with Gasteiger partial charge in [-0.2, -0.15) is 5.26 Å². The Balaban J connectivity index is 2.49. The average Bonchev–Trinajstić information content (AvgIpc) is 2.46. The Morgan fingerprint density at radius 3 is 2.68 bits per heavy atom. The first-order valence-electron chi connectivity index (χ1n) is 6.08. The van der Waals surface area contributed by atoms with E-state index in [4.69, 9.17) is 27.0 Å². The molecule has 1 aromatic rings. The molecular formula is C14H16N2O2S. The second-order valence-corrected chi connectivity index (χ2v) is 4.59. The van der Waals surface area contributed by atoms with E-state index < -0.39 is 0 Å². The van der Waals surface area contributed by atoms with Gasteiger partial charge >= 0.3 is 0 Å². The van der Waals surface area contributed by atoms with Crippen LogP contribution in [0, 0.1) is 11.3 Å². The number of hydrogen-bond donors (Lipinski definition) is 0. The van der Waals surface area contributed by atoms with Gasteiger partial charge in [-0.25, -0.2) is 0 Å². The second kappa shape index (κ2) is 5.89. The summed E-state index contributed by atoms with van der Waals surface area (Å²) in [5.74, 6) is 1.42. The van der Waals surface area contributed by atoms with Gasteiger partial charge in [-0.3, -0.25) is 0 Å². The van der Waals surface area contributed by atoms with Crippen LogP contribution in [0.2, 0.25) is 0 Å². The first-order valence-corrected chi connectivity index (χ1v) is 6.55. The molecule has 1 aliphatic rings. The van der Waals surface area contributed by atoms with Gasteiger partial charge in [0.1, 0.15) is 0 Å². The lowest BCUT2D eigenvalue weighted by atomic mass is 9.91. The molecule has 0 saturated heterocycles. The molecule has 4 nitrogen and oxygen atoms in total. The van der Waals surface area contributed by atoms with Crippen LogP contribution in [0.5, 0.6) is 11.5 Å². The van der Waals surface area contributed by atoms with E-state index in [0.717, 1.165) is 24.3 Å². The number of hydrogen-bond acceptors (Lipinski definition) is 4. The lowest BCUT2D eigenvalue weighted by molar-refractivity contribution is 0.309. The number of fused-ring (bicyclic) bond motifs is 1. The van der Waals surface area contributed by atoms with Gasteiger partial charge < -0.3 is 14.4 Å². The van der Waals surface area contributed by atoms with E-state index in [1.54, 1.807) is 19.7 Å². The van der Waals surface area contributed by atoms with E-state index in [2.05, 4.69) is 6.07 Å². The smallest absolute Gasteiger partial charge is 0.161 e. The maximum absolute atomic E-state index is 9.00. The molecule has 0 saturated carbocycles. The third kappa shape index (κ3) is 2.49. The highest BCUT2D eigenvalue weighted by molar-refractivity contribution is 7.78. The normalized spacial score (nSPS) is 17.3. The standard InChI is InChI=1S/C14H16N2O2S/c1-17-13-7-10-4-6-16(9-19)12(3-5-15)11(10)8-14(13)18-2/h7-9,12H,3-4,6H2,1-2H3. The van der Waals surface area contributed by atoms with Gasteiger partial charge in [-0.15, -0.1) is 0 Å². The highest BCUT2D eigenvalue weighted by Gasteiger charge is 2.27. The molecule has 0 aromatic heterocycles. The van der Waals surface area contributed by atoms with Crippen molar-refractivity contribution in [3.8, 4) is 17.6 Å². The van der Waals surface area contributed by atoms with Gasteiger partial charge in [0.25, 0.3) is 0 Å². The minimum atomic E-state index is 0.00561. The van der Waals surface area contributed by atoms with Crippen molar-refractivity contribution in [3.05, 3.63) is 23.3 Å². The van der Waals surface area contributed by atoms with Crippen LogP contribution >= 0.6 is 12.2 Å². The van der Waals surface area contributed by atoms with Gasteiger partial charge in [0.2, 0.25) is 0 Å².